The van der Waals surface area contributed by atoms with Gasteiger partial charge in [-0.15, -0.1) is 18.3 Å². The van der Waals surface area contributed by atoms with E-state index in [0.717, 1.165) is 25.7 Å². The average Bonchev–Trinajstić information content (AvgIpc) is 3.28. The van der Waals surface area contributed by atoms with Crippen LogP contribution in [0, 0.1) is 39.9 Å². The van der Waals surface area contributed by atoms with Crippen LogP contribution in [-0.4, -0.2) is 52.9 Å². The zero-order chi connectivity index (χ0) is 26.0. The zero-order valence-electron chi connectivity index (χ0n) is 23.6. The Labute approximate surface area is 223 Å². The summed E-state index contributed by atoms with van der Waals surface area (Å²) in [7, 11) is 2.26. The summed E-state index contributed by atoms with van der Waals surface area (Å²) in [4.78, 5) is 29.6. The minimum atomic E-state index is -0.322. The lowest BCUT2D eigenvalue weighted by molar-refractivity contribution is -0.196. The van der Waals surface area contributed by atoms with Crippen molar-refractivity contribution in [1.29, 1.82) is 0 Å². The normalized spacial score (nSPS) is 50.8. The molecule has 0 N–H and O–H groups in total. The third kappa shape index (κ3) is 3.96. The third-order valence-corrected chi connectivity index (χ3v) is 14.0. The highest BCUT2D eigenvalue weighted by Crippen LogP contribution is 2.69. The summed E-state index contributed by atoms with van der Waals surface area (Å²) >= 11 is 1.81. The Morgan fingerprint density at radius 2 is 1.78 bits per heavy atom. The molecule has 36 heavy (non-hydrogen) atoms. The molecule has 3 saturated carbocycles. The summed E-state index contributed by atoms with van der Waals surface area (Å²) in [6.07, 6.45) is 11.5. The maximum atomic E-state index is 13.6. The van der Waals surface area contributed by atoms with E-state index in [1.807, 2.05) is 11.8 Å². The van der Waals surface area contributed by atoms with Crippen LogP contribution in [0.25, 0.3) is 0 Å². The van der Waals surface area contributed by atoms with Crippen LogP contribution >= 0.6 is 11.8 Å². The summed E-state index contributed by atoms with van der Waals surface area (Å²) < 4.78 is 6.53. The van der Waals surface area contributed by atoms with Crippen molar-refractivity contribution in [2.45, 2.75) is 116 Å². The number of fused-ring (bicyclic) bond motifs is 2. The second kappa shape index (κ2) is 9.43. The van der Waals surface area contributed by atoms with Crippen molar-refractivity contribution in [2.75, 3.05) is 12.8 Å². The van der Waals surface area contributed by atoms with Gasteiger partial charge in [-0.2, -0.15) is 0 Å². The van der Waals surface area contributed by atoms with E-state index in [1.54, 1.807) is 0 Å². The first-order valence-electron chi connectivity index (χ1n) is 14.7. The smallest absolute Gasteiger partial charge is 0.316 e. The van der Waals surface area contributed by atoms with Crippen LogP contribution in [0.5, 0.6) is 0 Å². The quantitative estimate of drug-likeness (QED) is 0.308. The molecule has 4 bridgehead atoms. The van der Waals surface area contributed by atoms with Gasteiger partial charge in [0, 0.05) is 35.1 Å². The molecule has 202 valence electrons. The number of piperidine rings is 1. The average molecular weight is 516 g/mol. The molecule has 5 aliphatic rings. The summed E-state index contributed by atoms with van der Waals surface area (Å²) in [5.74, 6) is 1.93. The van der Waals surface area contributed by atoms with Crippen molar-refractivity contribution in [3.05, 3.63) is 12.7 Å². The van der Waals surface area contributed by atoms with Gasteiger partial charge in [-0.05, 0) is 87.0 Å². The number of nitrogens with zero attached hydrogens (tertiary/aromatic N) is 1. The van der Waals surface area contributed by atoms with Gasteiger partial charge in [-0.25, -0.2) is 0 Å². The van der Waals surface area contributed by atoms with Crippen LogP contribution in [0.3, 0.4) is 0 Å². The molecule has 4 nitrogen and oxygen atoms in total. The van der Waals surface area contributed by atoms with Crippen molar-refractivity contribution in [3.8, 4) is 0 Å². The monoisotopic (exact) mass is 515 g/mol. The molecule has 0 amide bonds. The highest BCUT2D eigenvalue weighted by Gasteiger charge is 2.67. The van der Waals surface area contributed by atoms with Crippen LogP contribution in [-0.2, 0) is 14.3 Å². The number of carbonyl (C=O) groups excluding carboxylic acids is 2. The fraction of sp³-hybridized carbons (Fsp3) is 0.871. The molecule has 2 heterocycles. The number of carbonyl (C=O) groups is 2. The van der Waals surface area contributed by atoms with Crippen LogP contribution in [0.15, 0.2) is 12.7 Å². The van der Waals surface area contributed by atoms with E-state index in [4.69, 9.17) is 4.74 Å². The third-order valence-electron chi connectivity index (χ3n) is 12.7. The van der Waals surface area contributed by atoms with E-state index < -0.39 is 0 Å². The summed E-state index contributed by atoms with van der Waals surface area (Å²) in [5, 5.41) is 0.552. The Bertz CT molecular complexity index is 892. The molecular formula is C31H49NO3S. The van der Waals surface area contributed by atoms with Crippen molar-refractivity contribution in [2.24, 2.45) is 39.9 Å². The van der Waals surface area contributed by atoms with Gasteiger partial charge in [-0.1, -0.05) is 40.7 Å². The molecule has 1 unspecified atom stereocenters. The molecule has 0 aromatic rings. The lowest BCUT2D eigenvalue weighted by Crippen LogP contribution is -2.61. The number of thioether (sulfide) groups is 1. The van der Waals surface area contributed by atoms with Gasteiger partial charge in [0.05, 0.1) is 5.75 Å². The molecule has 0 radical (unpaired) electrons. The fourth-order valence-corrected chi connectivity index (χ4v) is 10.8. The highest BCUT2D eigenvalue weighted by molar-refractivity contribution is 8.00. The van der Waals surface area contributed by atoms with Gasteiger partial charge in [0.2, 0.25) is 0 Å². The Morgan fingerprint density at radius 1 is 1.11 bits per heavy atom. The van der Waals surface area contributed by atoms with Crippen molar-refractivity contribution >= 4 is 23.5 Å². The second-order valence-corrected chi connectivity index (χ2v) is 15.2. The fourth-order valence-electron chi connectivity index (χ4n) is 9.69. The van der Waals surface area contributed by atoms with Crippen molar-refractivity contribution in [1.82, 2.24) is 4.90 Å². The van der Waals surface area contributed by atoms with E-state index in [9.17, 15) is 9.59 Å². The first-order chi connectivity index (χ1) is 17.0. The molecule has 0 aromatic heterocycles. The van der Waals surface area contributed by atoms with Gasteiger partial charge in [0.15, 0.2) is 0 Å². The predicted octanol–water partition coefficient (Wildman–Crippen LogP) is 6.53. The molecule has 5 heteroatoms. The number of hydrogen-bond acceptors (Lipinski definition) is 5. The van der Waals surface area contributed by atoms with Crippen LogP contribution in [0.1, 0.15) is 92.4 Å². The molecule has 3 aliphatic carbocycles. The van der Waals surface area contributed by atoms with E-state index in [1.165, 1.54) is 25.7 Å². The lowest BCUT2D eigenvalue weighted by Gasteiger charge is -2.62. The van der Waals surface area contributed by atoms with Crippen molar-refractivity contribution < 1.29 is 14.3 Å². The molecular weight excluding hydrogens is 466 g/mol. The van der Waals surface area contributed by atoms with Crippen molar-refractivity contribution in [3.63, 3.8) is 0 Å². The van der Waals surface area contributed by atoms with E-state index in [0.29, 0.717) is 53.0 Å². The molecule has 2 saturated heterocycles. The van der Waals surface area contributed by atoms with Gasteiger partial charge in [0.25, 0.3) is 0 Å². The van der Waals surface area contributed by atoms with Gasteiger partial charge in [0.1, 0.15) is 11.9 Å². The molecule has 11 atom stereocenters. The minimum absolute atomic E-state index is 0.00414. The molecule has 2 aliphatic heterocycles. The van der Waals surface area contributed by atoms with Gasteiger partial charge in [-0.3, -0.25) is 9.59 Å². The van der Waals surface area contributed by atoms with E-state index in [-0.39, 0.29) is 34.2 Å². The number of esters is 1. The van der Waals surface area contributed by atoms with E-state index >= 15 is 0 Å². The number of hydrogen-bond donors (Lipinski definition) is 0. The Kier molecular flexibility index (Phi) is 7.02. The minimum Gasteiger partial charge on any atom is -0.461 e. The first kappa shape index (κ1) is 26.8. The number of rotatable bonds is 5. The van der Waals surface area contributed by atoms with Crippen LogP contribution < -0.4 is 0 Å². The SMILES string of the molecule is C=C[C@]1(C)C[C@@H](OC(=O)CSC2C[C@H]3CC[C@@H](C2)N3C)[C@]2(C)[C@H](C)CC[C@]3(CCC(=O)[C@H]32)[C@@H](C)[C@@H]1C. The Morgan fingerprint density at radius 3 is 2.42 bits per heavy atom. The summed E-state index contributed by atoms with van der Waals surface area (Å²) in [5.41, 5.74) is -0.431. The number of Topliss-reactive ketones (excluding diaryl/α,β-unsaturated/α-hetero) is 1. The topological polar surface area (TPSA) is 46.6 Å². The predicted molar refractivity (Wildman–Crippen MR) is 148 cm³/mol. The molecule has 0 aromatic carbocycles. The lowest BCUT2D eigenvalue weighted by atomic mass is 9.42. The van der Waals surface area contributed by atoms with Gasteiger partial charge >= 0.3 is 5.97 Å². The Balaban J connectivity index is 1.39. The second-order valence-electron chi connectivity index (χ2n) is 13.9. The molecule has 0 spiro atoms. The highest BCUT2D eigenvalue weighted by atomic mass is 32.2. The number of allylic oxidation sites excluding steroid dienone is 1. The standard InChI is InChI=1S/C31H49NO3S/c1-8-29(5)17-26(35-27(34)18-36-24-15-22-9-10-23(16-24)32(22)7)30(6)19(2)11-13-31(21(4)20(29)3)14-12-25(33)28(30)31/h8,19-24,26,28H,1,9-18H2,2-7H3/t19-,20+,21+,22-,23+,24?,26-,28+,29-,30+,31+/m1/s1. The maximum absolute atomic E-state index is 13.6. The van der Waals surface area contributed by atoms with Gasteiger partial charge < -0.3 is 9.64 Å². The maximum Gasteiger partial charge on any atom is 0.316 e. The molecule has 5 rings (SSSR count). The Hall–Kier alpha value is -0.810. The molecule has 5 fully saturated rings. The largest absolute Gasteiger partial charge is 0.461 e. The summed E-state index contributed by atoms with van der Waals surface area (Å²) in [6.45, 7) is 15.9. The van der Waals surface area contributed by atoms with E-state index in [2.05, 4.69) is 59.2 Å². The first-order valence-corrected chi connectivity index (χ1v) is 15.7. The number of ether oxygens (including phenoxy) is 1. The van der Waals surface area contributed by atoms with Crippen LogP contribution in [0.2, 0.25) is 0 Å². The van der Waals surface area contributed by atoms with Crippen LogP contribution in [0.4, 0.5) is 0 Å². The number of ketones is 1. The zero-order valence-corrected chi connectivity index (χ0v) is 24.4. The summed E-state index contributed by atoms with van der Waals surface area (Å²) in [6, 6.07) is 1.37.